The van der Waals surface area contributed by atoms with Gasteiger partial charge >= 0.3 is 0 Å². The molecule has 116 valence electrons. The fourth-order valence-corrected chi connectivity index (χ4v) is 4.65. The molecule has 2 rings (SSSR count). The lowest BCUT2D eigenvalue weighted by molar-refractivity contribution is -0.130. The van der Waals surface area contributed by atoms with E-state index in [0.717, 1.165) is 10.8 Å². The molecule has 3 unspecified atom stereocenters. The maximum atomic E-state index is 12.3. The van der Waals surface area contributed by atoms with Gasteiger partial charge in [0.25, 0.3) is 0 Å². The lowest BCUT2D eigenvalue weighted by Gasteiger charge is -2.37. The zero-order valence-corrected chi connectivity index (χ0v) is 14.6. The molecule has 0 N–H and O–H groups in total. The van der Waals surface area contributed by atoms with Gasteiger partial charge in [-0.05, 0) is 31.5 Å². The Morgan fingerprint density at radius 3 is 2.71 bits per heavy atom. The molecule has 21 heavy (non-hydrogen) atoms. The first-order valence-electron chi connectivity index (χ1n) is 6.98. The van der Waals surface area contributed by atoms with Crippen molar-refractivity contribution in [3.63, 3.8) is 0 Å². The average Bonchev–Trinajstić information content (AvgIpc) is 2.47. The summed E-state index contributed by atoms with van der Waals surface area (Å²) in [5.41, 5.74) is 1.17. The lowest BCUT2D eigenvalue weighted by atomic mass is 10.2. The van der Waals surface area contributed by atoms with E-state index in [9.17, 15) is 9.00 Å². The molecule has 1 aliphatic rings. The normalized spacial score (nSPS) is 25.9. The van der Waals surface area contributed by atoms with Crippen LogP contribution in [-0.2, 0) is 21.3 Å². The average molecular weight is 346 g/mol. The smallest absolute Gasteiger partial charge is 0.232 e. The summed E-state index contributed by atoms with van der Waals surface area (Å²) in [6.45, 7) is 4.56. The molecule has 1 aromatic carbocycles. The summed E-state index contributed by atoms with van der Waals surface area (Å²) < 4.78 is 11.8. The lowest BCUT2D eigenvalue weighted by Crippen LogP contribution is -2.52. The van der Waals surface area contributed by atoms with Crippen LogP contribution in [0.5, 0.6) is 0 Å². The highest BCUT2D eigenvalue weighted by Gasteiger charge is 2.32. The number of halogens is 1. The highest BCUT2D eigenvalue weighted by molar-refractivity contribution is 7.99. The predicted octanol–water partition coefficient (Wildman–Crippen LogP) is 2.94. The van der Waals surface area contributed by atoms with Crippen LogP contribution in [0.1, 0.15) is 19.4 Å². The van der Waals surface area contributed by atoms with E-state index >= 15 is 0 Å². The standard InChI is InChI=1S/C15H20ClNO2S2/c1-11-12(2)21(19)8-7-17(11)15(18)10-20-9-13-3-5-14(16)6-4-13/h3-6,11-12H,7-10H2,1-2H3. The Labute approximate surface area is 137 Å². The molecule has 6 heteroatoms. The number of amides is 1. The van der Waals surface area contributed by atoms with Gasteiger partial charge in [0, 0.05) is 39.9 Å². The van der Waals surface area contributed by atoms with Gasteiger partial charge in [0.2, 0.25) is 5.91 Å². The van der Waals surface area contributed by atoms with E-state index in [4.69, 9.17) is 11.6 Å². The maximum absolute atomic E-state index is 12.3. The number of nitrogens with zero attached hydrogens (tertiary/aromatic N) is 1. The van der Waals surface area contributed by atoms with Crippen LogP contribution >= 0.6 is 23.4 Å². The molecule has 1 heterocycles. The Balaban J connectivity index is 1.82. The molecule has 0 radical (unpaired) electrons. The van der Waals surface area contributed by atoms with Gasteiger partial charge in [-0.25, -0.2) is 0 Å². The van der Waals surface area contributed by atoms with Crippen molar-refractivity contribution in [2.24, 2.45) is 0 Å². The number of rotatable bonds is 4. The van der Waals surface area contributed by atoms with Crippen LogP contribution in [0.15, 0.2) is 24.3 Å². The van der Waals surface area contributed by atoms with Crippen LogP contribution in [0.25, 0.3) is 0 Å². The van der Waals surface area contributed by atoms with Gasteiger partial charge < -0.3 is 4.90 Å². The fourth-order valence-electron chi connectivity index (χ4n) is 2.32. The van der Waals surface area contributed by atoms with E-state index in [1.165, 1.54) is 5.56 Å². The molecule has 0 aliphatic carbocycles. The van der Waals surface area contributed by atoms with E-state index in [0.29, 0.717) is 18.1 Å². The van der Waals surface area contributed by atoms with Gasteiger partial charge in [0.1, 0.15) is 0 Å². The van der Waals surface area contributed by atoms with Crippen molar-refractivity contribution < 1.29 is 9.00 Å². The molecule has 1 fully saturated rings. The van der Waals surface area contributed by atoms with Crippen LogP contribution in [0, 0.1) is 0 Å². The van der Waals surface area contributed by atoms with E-state index in [1.807, 2.05) is 43.0 Å². The van der Waals surface area contributed by atoms with Gasteiger partial charge in [-0.1, -0.05) is 23.7 Å². The number of carbonyl (C=O) groups is 1. The van der Waals surface area contributed by atoms with Gasteiger partial charge in [0.15, 0.2) is 0 Å². The van der Waals surface area contributed by atoms with Crippen LogP contribution < -0.4 is 0 Å². The molecule has 3 nitrogen and oxygen atoms in total. The molecule has 1 amide bonds. The highest BCUT2D eigenvalue weighted by Crippen LogP contribution is 2.20. The van der Waals surface area contributed by atoms with E-state index < -0.39 is 10.8 Å². The number of hydrogen-bond acceptors (Lipinski definition) is 3. The molecule has 1 aromatic rings. The largest absolute Gasteiger partial charge is 0.337 e. The van der Waals surface area contributed by atoms with Crippen molar-refractivity contribution >= 4 is 40.1 Å². The Morgan fingerprint density at radius 1 is 1.38 bits per heavy atom. The van der Waals surface area contributed by atoms with E-state index in [2.05, 4.69) is 0 Å². The molecule has 1 saturated heterocycles. The summed E-state index contributed by atoms with van der Waals surface area (Å²) in [5.74, 6) is 2.00. The van der Waals surface area contributed by atoms with E-state index in [1.54, 1.807) is 11.8 Å². The Morgan fingerprint density at radius 2 is 2.05 bits per heavy atom. The second-order valence-corrected chi connectivity index (χ2v) is 8.57. The molecular weight excluding hydrogens is 326 g/mol. The third-order valence-corrected chi connectivity index (χ3v) is 6.90. The monoisotopic (exact) mass is 345 g/mol. The second-order valence-electron chi connectivity index (χ2n) is 5.24. The fraction of sp³-hybridized carbons (Fsp3) is 0.533. The first-order valence-corrected chi connectivity index (χ1v) is 9.89. The third-order valence-electron chi connectivity index (χ3n) is 3.85. The summed E-state index contributed by atoms with van der Waals surface area (Å²) in [5, 5.41) is 0.785. The minimum Gasteiger partial charge on any atom is -0.337 e. The minimum absolute atomic E-state index is 0.0585. The summed E-state index contributed by atoms with van der Waals surface area (Å²) >= 11 is 7.45. The highest BCUT2D eigenvalue weighted by atomic mass is 35.5. The van der Waals surface area contributed by atoms with Gasteiger partial charge in [-0.3, -0.25) is 9.00 Å². The zero-order valence-electron chi connectivity index (χ0n) is 12.3. The van der Waals surface area contributed by atoms with Gasteiger partial charge in [0.05, 0.1) is 11.0 Å². The summed E-state index contributed by atoms with van der Waals surface area (Å²) in [7, 11) is -0.803. The number of carbonyl (C=O) groups excluding carboxylic acids is 1. The number of thioether (sulfide) groups is 1. The molecular formula is C15H20ClNO2S2. The van der Waals surface area contributed by atoms with Crippen LogP contribution in [0.3, 0.4) is 0 Å². The Kier molecular flexibility index (Phi) is 6.14. The van der Waals surface area contributed by atoms with E-state index in [-0.39, 0.29) is 17.2 Å². The van der Waals surface area contributed by atoms with Crippen molar-refractivity contribution in [3.05, 3.63) is 34.9 Å². The molecule has 1 aliphatic heterocycles. The van der Waals surface area contributed by atoms with Gasteiger partial charge in [-0.2, -0.15) is 0 Å². The number of benzene rings is 1. The minimum atomic E-state index is -0.803. The van der Waals surface area contributed by atoms with Crippen molar-refractivity contribution in [1.29, 1.82) is 0 Å². The molecule has 0 saturated carbocycles. The van der Waals surface area contributed by atoms with Crippen molar-refractivity contribution in [1.82, 2.24) is 4.90 Å². The quantitative estimate of drug-likeness (QED) is 0.842. The van der Waals surface area contributed by atoms with Crippen molar-refractivity contribution in [3.8, 4) is 0 Å². The molecule has 0 spiro atoms. The molecule has 0 aromatic heterocycles. The molecule has 0 bridgehead atoms. The summed E-state index contributed by atoms with van der Waals surface area (Å²) in [4.78, 5) is 14.2. The first-order chi connectivity index (χ1) is 9.99. The zero-order chi connectivity index (χ0) is 15.4. The maximum Gasteiger partial charge on any atom is 0.232 e. The number of hydrogen-bond donors (Lipinski definition) is 0. The Hall–Kier alpha value is -0.520. The van der Waals surface area contributed by atoms with Crippen LogP contribution in [0.4, 0.5) is 0 Å². The second kappa shape index (κ2) is 7.65. The van der Waals surface area contributed by atoms with Crippen molar-refractivity contribution in [2.75, 3.05) is 18.1 Å². The topological polar surface area (TPSA) is 37.4 Å². The van der Waals surface area contributed by atoms with Crippen molar-refractivity contribution in [2.45, 2.75) is 30.9 Å². The summed E-state index contributed by atoms with van der Waals surface area (Å²) in [6.07, 6.45) is 0. The predicted molar refractivity (Wildman–Crippen MR) is 91.3 cm³/mol. The SMILES string of the molecule is CC1C(C)S(=O)CCN1C(=O)CSCc1ccc(Cl)cc1. The van der Waals surface area contributed by atoms with Crippen LogP contribution in [0.2, 0.25) is 5.02 Å². The third kappa shape index (κ3) is 4.47. The summed E-state index contributed by atoms with van der Waals surface area (Å²) in [6, 6.07) is 7.75. The van der Waals surface area contributed by atoms with Crippen LogP contribution in [-0.4, -0.2) is 44.4 Å². The Bertz CT molecular complexity index is 521. The molecule has 3 atom stereocenters. The first kappa shape index (κ1) is 16.8. The van der Waals surface area contributed by atoms with Gasteiger partial charge in [-0.15, -0.1) is 11.8 Å².